The molecule has 2 rings (SSSR count). The molecule has 0 amide bonds. The largest absolute Gasteiger partial charge is 0.493 e. The number of rotatable bonds is 28. The first kappa shape index (κ1) is 40.8. The highest BCUT2D eigenvalue weighted by molar-refractivity contribution is 5.61. The number of unbranched alkanes of at least 4 members (excludes halogenated alkanes) is 10. The number of hydrogen-bond acceptors (Lipinski definition) is 10. The van der Waals surface area contributed by atoms with Crippen molar-refractivity contribution in [3.63, 3.8) is 0 Å². The molecule has 2 aromatic carbocycles. The molecule has 0 aromatic heterocycles. The molecule has 0 saturated heterocycles. The summed E-state index contributed by atoms with van der Waals surface area (Å²) < 4.78 is 54.5. The van der Waals surface area contributed by atoms with Crippen LogP contribution in [0.5, 0.6) is 34.5 Å². The summed E-state index contributed by atoms with van der Waals surface area (Å²) in [5.74, 6) is 10.6. The smallest absolute Gasteiger partial charge is 0.188 e. The fourth-order valence-corrected chi connectivity index (χ4v) is 5.25. The van der Waals surface area contributed by atoms with Crippen LogP contribution in [0.2, 0.25) is 0 Å². The molecule has 0 aliphatic heterocycles. The predicted molar refractivity (Wildman–Crippen MR) is 187 cm³/mol. The van der Waals surface area contributed by atoms with Gasteiger partial charge in [0.2, 0.25) is 0 Å². The van der Waals surface area contributed by atoms with E-state index in [-0.39, 0.29) is 27.2 Å². The molecule has 10 heteroatoms. The molecule has 2 aromatic rings. The van der Waals surface area contributed by atoms with E-state index in [1.807, 2.05) is 6.07 Å². The zero-order chi connectivity index (χ0) is 34.7. The van der Waals surface area contributed by atoms with E-state index < -0.39 is 0 Å². The van der Waals surface area contributed by atoms with Crippen molar-refractivity contribution in [1.82, 2.24) is 0 Å². The van der Waals surface area contributed by atoms with Gasteiger partial charge in [0, 0.05) is 59.0 Å². The van der Waals surface area contributed by atoms with Gasteiger partial charge < -0.3 is 47.4 Å². The Bertz CT molecular complexity index is 1160. The van der Waals surface area contributed by atoms with E-state index in [9.17, 15) is 0 Å². The van der Waals surface area contributed by atoms with Crippen LogP contribution in [0.25, 0.3) is 0 Å². The Kier molecular flexibility index (Phi) is 22.6. The first-order chi connectivity index (χ1) is 23.6. The Hall–Kier alpha value is -3.36. The van der Waals surface area contributed by atoms with Gasteiger partial charge in [-0.1, -0.05) is 38.5 Å². The third-order valence-corrected chi connectivity index (χ3v) is 7.58. The minimum absolute atomic E-state index is 0.108. The molecule has 10 nitrogen and oxygen atoms in total. The van der Waals surface area contributed by atoms with Gasteiger partial charge in [-0.3, -0.25) is 0 Å². The van der Waals surface area contributed by atoms with E-state index in [0.29, 0.717) is 23.0 Å². The van der Waals surface area contributed by atoms with Gasteiger partial charge in [-0.2, -0.15) is 0 Å². The van der Waals surface area contributed by atoms with Crippen LogP contribution in [0.4, 0.5) is 0 Å². The average Bonchev–Trinajstić information content (AvgIpc) is 3.10. The number of benzene rings is 2. The first-order valence-electron chi connectivity index (χ1n) is 17.0. The van der Waals surface area contributed by atoms with E-state index in [2.05, 4.69) is 24.0 Å². The monoisotopic (exact) mass is 674 g/mol. The van der Waals surface area contributed by atoms with Crippen molar-refractivity contribution in [3.8, 4) is 46.3 Å². The number of methoxy groups -OCH3 is 6. The van der Waals surface area contributed by atoms with Gasteiger partial charge in [-0.15, -0.1) is 11.8 Å². The van der Waals surface area contributed by atoms with Crippen LogP contribution in [-0.4, -0.2) is 69.8 Å². The second-order valence-corrected chi connectivity index (χ2v) is 11.3. The Labute approximate surface area is 288 Å². The van der Waals surface area contributed by atoms with Crippen LogP contribution in [0.3, 0.4) is 0 Å². The fourth-order valence-electron chi connectivity index (χ4n) is 5.25. The Morgan fingerprint density at radius 3 is 1.48 bits per heavy atom. The summed E-state index contributed by atoms with van der Waals surface area (Å²) in [5, 5.41) is 0. The summed E-state index contributed by atoms with van der Waals surface area (Å²) >= 11 is 0. The van der Waals surface area contributed by atoms with Gasteiger partial charge in [0.05, 0.1) is 14.2 Å². The SMILES string of the molecule is COCOc1cc(CCCCCCCC#CCCCCCCCc2c(OC)c(OCOC)cc(OC)c2OCOC)cc(OCOC)c1. The maximum Gasteiger partial charge on any atom is 0.188 e. The zero-order valence-corrected chi connectivity index (χ0v) is 30.1. The molecule has 0 aliphatic rings. The van der Waals surface area contributed by atoms with Crippen molar-refractivity contribution in [2.24, 2.45) is 0 Å². The topological polar surface area (TPSA) is 92.3 Å². The third kappa shape index (κ3) is 16.2. The molecule has 0 spiro atoms. The predicted octanol–water partition coefficient (Wildman–Crippen LogP) is 8.10. The molecule has 0 unspecified atom stereocenters. The second-order valence-electron chi connectivity index (χ2n) is 11.3. The third-order valence-electron chi connectivity index (χ3n) is 7.58. The van der Waals surface area contributed by atoms with E-state index >= 15 is 0 Å². The molecule has 0 heterocycles. The minimum atomic E-state index is 0.108. The summed E-state index contributed by atoms with van der Waals surface area (Å²) in [7, 11) is 9.63. The van der Waals surface area contributed by atoms with Crippen molar-refractivity contribution in [2.45, 2.75) is 89.9 Å². The fraction of sp³-hybridized carbons (Fsp3) is 0.632. The highest BCUT2D eigenvalue weighted by atomic mass is 16.7. The van der Waals surface area contributed by atoms with Gasteiger partial charge >= 0.3 is 0 Å². The molecule has 0 N–H and O–H groups in total. The van der Waals surface area contributed by atoms with E-state index in [0.717, 1.165) is 81.3 Å². The highest BCUT2D eigenvalue weighted by Crippen LogP contribution is 2.45. The van der Waals surface area contributed by atoms with Crippen LogP contribution in [0.1, 0.15) is 88.2 Å². The average molecular weight is 675 g/mol. The number of aryl methyl sites for hydroxylation is 1. The molecule has 0 fully saturated rings. The zero-order valence-electron chi connectivity index (χ0n) is 30.1. The Morgan fingerprint density at radius 2 is 0.938 bits per heavy atom. The first-order valence-corrected chi connectivity index (χ1v) is 17.0. The molecule has 0 saturated carbocycles. The maximum absolute atomic E-state index is 5.89. The standard InChI is InChI=1S/C38H58O10/c1-39-27-45-32-23-31(24-33(25-32)46-28-40-2)21-19-17-15-13-11-9-7-8-10-12-14-16-18-20-22-34-37(44-6)36(47-29-41-3)26-35(43-5)38(34)48-30-42-4/h23-26H,9-22,27-30H2,1-6H3. The lowest BCUT2D eigenvalue weighted by Crippen LogP contribution is -2.08. The van der Waals surface area contributed by atoms with Crippen LogP contribution in [-0.2, 0) is 31.8 Å². The Morgan fingerprint density at radius 1 is 0.438 bits per heavy atom. The van der Waals surface area contributed by atoms with Crippen LogP contribution >= 0.6 is 0 Å². The molecule has 0 radical (unpaired) electrons. The lowest BCUT2D eigenvalue weighted by Gasteiger charge is -2.20. The van der Waals surface area contributed by atoms with Crippen LogP contribution < -0.4 is 28.4 Å². The van der Waals surface area contributed by atoms with Crippen molar-refractivity contribution in [3.05, 3.63) is 35.4 Å². The van der Waals surface area contributed by atoms with Gasteiger partial charge in [-0.25, -0.2) is 0 Å². The molecular formula is C38H58O10. The van der Waals surface area contributed by atoms with Gasteiger partial charge in [0.1, 0.15) is 11.5 Å². The van der Waals surface area contributed by atoms with E-state index in [1.54, 1.807) is 48.7 Å². The van der Waals surface area contributed by atoms with Crippen molar-refractivity contribution in [1.29, 1.82) is 0 Å². The van der Waals surface area contributed by atoms with Crippen LogP contribution in [0, 0.1) is 11.8 Å². The lowest BCUT2D eigenvalue weighted by molar-refractivity contribution is 0.0444. The summed E-state index contributed by atoms with van der Waals surface area (Å²) in [5.41, 5.74) is 2.11. The van der Waals surface area contributed by atoms with Crippen molar-refractivity contribution >= 4 is 0 Å². The second kappa shape index (κ2) is 26.6. The maximum atomic E-state index is 5.89. The molecule has 0 bridgehead atoms. The van der Waals surface area contributed by atoms with Gasteiger partial charge in [0.15, 0.2) is 50.2 Å². The molecule has 48 heavy (non-hydrogen) atoms. The normalized spacial score (nSPS) is 10.7. The van der Waals surface area contributed by atoms with E-state index in [1.165, 1.54) is 31.2 Å². The van der Waals surface area contributed by atoms with Gasteiger partial charge in [-0.05, 0) is 56.2 Å². The Balaban J connectivity index is 1.62. The molecular weight excluding hydrogens is 616 g/mol. The molecule has 0 atom stereocenters. The number of hydrogen-bond donors (Lipinski definition) is 0. The molecule has 270 valence electrons. The number of ether oxygens (including phenoxy) is 10. The van der Waals surface area contributed by atoms with Crippen molar-refractivity contribution in [2.75, 3.05) is 69.8 Å². The quantitative estimate of drug-likeness (QED) is 0.0501. The highest BCUT2D eigenvalue weighted by Gasteiger charge is 2.22. The van der Waals surface area contributed by atoms with Crippen LogP contribution in [0.15, 0.2) is 24.3 Å². The summed E-state index contributed by atoms with van der Waals surface area (Å²) in [6.07, 6.45) is 15.1. The van der Waals surface area contributed by atoms with Gasteiger partial charge in [0.25, 0.3) is 0 Å². The minimum Gasteiger partial charge on any atom is -0.493 e. The van der Waals surface area contributed by atoms with E-state index in [4.69, 9.17) is 47.4 Å². The molecule has 0 aliphatic carbocycles. The lowest BCUT2D eigenvalue weighted by atomic mass is 10.0. The van der Waals surface area contributed by atoms with Crippen molar-refractivity contribution < 1.29 is 47.4 Å². The summed E-state index contributed by atoms with van der Waals surface area (Å²) in [6.45, 7) is 0.637. The summed E-state index contributed by atoms with van der Waals surface area (Å²) in [6, 6.07) is 7.73. The summed E-state index contributed by atoms with van der Waals surface area (Å²) in [4.78, 5) is 0.